The van der Waals surface area contributed by atoms with Gasteiger partial charge < -0.3 is 0 Å². The van der Waals surface area contributed by atoms with E-state index in [0.29, 0.717) is 0 Å². The molecule has 0 saturated heterocycles. The van der Waals surface area contributed by atoms with E-state index in [1.807, 2.05) is 36.5 Å². The quantitative estimate of drug-likeness (QED) is 0.715. The summed E-state index contributed by atoms with van der Waals surface area (Å²) in [6.45, 7) is 3.65. The van der Waals surface area contributed by atoms with Crippen molar-refractivity contribution in [2.75, 3.05) is 0 Å². The van der Waals surface area contributed by atoms with Crippen LogP contribution in [0.5, 0.6) is 0 Å². The zero-order chi connectivity index (χ0) is 9.80. The van der Waals surface area contributed by atoms with Gasteiger partial charge in [-0.1, -0.05) is 29.5 Å². The van der Waals surface area contributed by atoms with Gasteiger partial charge in [0, 0.05) is 0 Å². The van der Waals surface area contributed by atoms with Crippen molar-refractivity contribution in [2.24, 2.45) is 0 Å². The largest absolute Gasteiger partial charge is 0.221 e. The Balaban J connectivity index is 2.31. The van der Waals surface area contributed by atoms with Gasteiger partial charge in [0.2, 0.25) is 0 Å². The summed E-state index contributed by atoms with van der Waals surface area (Å²) in [6.07, 6.45) is 7.19. The molecule has 3 nitrogen and oxygen atoms in total. The number of hydrogen-bond acceptors (Lipinski definition) is 2. The van der Waals surface area contributed by atoms with Gasteiger partial charge in [-0.15, -0.1) is 5.10 Å². The minimum atomic E-state index is 1.00. The first-order valence-electron chi connectivity index (χ1n) is 4.32. The van der Waals surface area contributed by atoms with Crippen LogP contribution in [0.2, 0.25) is 0 Å². The van der Waals surface area contributed by atoms with E-state index in [1.165, 1.54) is 0 Å². The Bertz CT molecular complexity index is 412. The van der Waals surface area contributed by atoms with Crippen LogP contribution in [0.1, 0.15) is 5.56 Å². The molecule has 14 heavy (non-hydrogen) atoms. The summed E-state index contributed by atoms with van der Waals surface area (Å²) >= 11 is 0. The number of nitrogens with zero attached hydrogens (tertiary/aromatic N) is 3. The van der Waals surface area contributed by atoms with Crippen molar-refractivity contribution in [1.82, 2.24) is 15.0 Å². The van der Waals surface area contributed by atoms with Crippen molar-refractivity contribution in [3.8, 4) is 5.69 Å². The Morgan fingerprint density at radius 3 is 2.57 bits per heavy atom. The molecular weight excluding hydrogens is 174 g/mol. The second-order valence-corrected chi connectivity index (χ2v) is 2.84. The molecule has 0 amide bonds. The Hall–Kier alpha value is -1.90. The number of aromatic nitrogens is 3. The van der Waals surface area contributed by atoms with E-state index in [9.17, 15) is 0 Å². The highest BCUT2D eigenvalue weighted by molar-refractivity contribution is 5.51. The van der Waals surface area contributed by atoms with Crippen LogP contribution in [0, 0.1) is 6.92 Å². The number of allylic oxidation sites excluding steroid dienone is 1. The molecule has 0 fully saturated rings. The van der Waals surface area contributed by atoms with Gasteiger partial charge in [-0.25, -0.2) is 4.68 Å². The van der Waals surface area contributed by atoms with E-state index in [2.05, 4.69) is 17.2 Å². The maximum Gasteiger partial charge on any atom is 0.0697 e. The molecule has 3 heteroatoms. The maximum atomic E-state index is 3.90. The predicted molar refractivity (Wildman–Crippen MR) is 55.8 cm³/mol. The lowest BCUT2D eigenvalue weighted by Gasteiger charge is -1.99. The molecule has 0 saturated carbocycles. The SMILES string of the molecule is [CH2]/C=C/c1ccc(-n2ccnn2)cc1. The highest BCUT2D eigenvalue weighted by atomic mass is 15.4. The highest BCUT2D eigenvalue weighted by Crippen LogP contribution is 2.08. The van der Waals surface area contributed by atoms with E-state index < -0.39 is 0 Å². The van der Waals surface area contributed by atoms with Crippen molar-refractivity contribution in [3.05, 3.63) is 55.2 Å². The topological polar surface area (TPSA) is 30.7 Å². The van der Waals surface area contributed by atoms with Gasteiger partial charge in [0.05, 0.1) is 18.1 Å². The Kier molecular flexibility index (Phi) is 2.40. The molecule has 1 heterocycles. The van der Waals surface area contributed by atoms with Crippen LogP contribution in [0.25, 0.3) is 11.8 Å². The van der Waals surface area contributed by atoms with Gasteiger partial charge in [0.15, 0.2) is 0 Å². The lowest BCUT2D eigenvalue weighted by atomic mass is 10.2. The first-order chi connectivity index (χ1) is 6.90. The van der Waals surface area contributed by atoms with Gasteiger partial charge in [-0.05, 0) is 24.6 Å². The molecule has 0 aliphatic rings. The molecule has 0 N–H and O–H groups in total. The van der Waals surface area contributed by atoms with E-state index in [-0.39, 0.29) is 0 Å². The number of benzene rings is 1. The highest BCUT2D eigenvalue weighted by Gasteiger charge is 1.94. The summed E-state index contributed by atoms with van der Waals surface area (Å²) in [5, 5.41) is 7.64. The summed E-state index contributed by atoms with van der Waals surface area (Å²) in [5.74, 6) is 0. The Morgan fingerprint density at radius 2 is 2.00 bits per heavy atom. The van der Waals surface area contributed by atoms with E-state index >= 15 is 0 Å². The fourth-order valence-corrected chi connectivity index (χ4v) is 1.22. The normalized spacial score (nSPS) is 10.9. The lowest BCUT2D eigenvalue weighted by molar-refractivity contribution is 0.803. The Labute approximate surface area is 82.7 Å². The van der Waals surface area contributed by atoms with Crippen LogP contribution >= 0.6 is 0 Å². The standard InChI is InChI=1S/C11H10N3/c1-2-3-10-4-6-11(7-5-10)14-9-8-12-13-14/h2-9H,1H2/b3-2+. The summed E-state index contributed by atoms with van der Waals surface area (Å²) in [6, 6.07) is 8.01. The second-order valence-electron chi connectivity index (χ2n) is 2.84. The number of rotatable bonds is 2. The molecule has 0 bridgehead atoms. The monoisotopic (exact) mass is 184 g/mol. The van der Waals surface area contributed by atoms with Crippen molar-refractivity contribution >= 4 is 6.08 Å². The van der Waals surface area contributed by atoms with Gasteiger partial charge in [-0.2, -0.15) is 0 Å². The minimum absolute atomic E-state index is 1.00. The van der Waals surface area contributed by atoms with Gasteiger partial charge in [0.1, 0.15) is 0 Å². The molecule has 0 aliphatic heterocycles. The van der Waals surface area contributed by atoms with Crippen LogP contribution in [0.15, 0.2) is 42.7 Å². The van der Waals surface area contributed by atoms with E-state index in [1.54, 1.807) is 17.0 Å². The summed E-state index contributed by atoms with van der Waals surface area (Å²) in [4.78, 5) is 0. The molecular formula is C11H10N3. The Morgan fingerprint density at radius 1 is 1.21 bits per heavy atom. The van der Waals surface area contributed by atoms with Crippen LogP contribution in [-0.2, 0) is 0 Å². The van der Waals surface area contributed by atoms with Gasteiger partial charge >= 0.3 is 0 Å². The maximum absolute atomic E-state index is 3.90. The van der Waals surface area contributed by atoms with Gasteiger partial charge in [-0.3, -0.25) is 0 Å². The fourth-order valence-electron chi connectivity index (χ4n) is 1.22. The van der Waals surface area contributed by atoms with Crippen molar-refractivity contribution < 1.29 is 0 Å². The first kappa shape index (κ1) is 8.69. The fraction of sp³-hybridized carbons (Fsp3) is 0. The molecule has 69 valence electrons. The average molecular weight is 184 g/mol. The molecule has 2 aromatic rings. The lowest BCUT2D eigenvalue weighted by Crippen LogP contribution is -1.94. The molecule has 1 aromatic heterocycles. The summed E-state index contributed by atoms with van der Waals surface area (Å²) in [5.41, 5.74) is 2.13. The predicted octanol–water partition coefficient (Wildman–Crippen LogP) is 2.11. The molecule has 0 atom stereocenters. The third kappa shape index (κ3) is 1.71. The smallest absolute Gasteiger partial charge is 0.0697 e. The molecule has 2 rings (SSSR count). The van der Waals surface area contributed by atoms with Crippen molar-refractivity contribution in [3.63, 3.8) is 0 Å². The molecule has 0 unspecified atom stereocenters. The van der Waals surface area contributed by atoms with Crippen molar-refractivity contribution in [1.29, 1.82) is 0 Å². The van der Waals surface area contributed by atoms with Crippen LogP contribution < -0.4 is 0 Å². The summed E-state index contributed by atoms with van der Waals surface area (Å²) in [7, 11) is 0. The summed E-state index contributed by atoms with van der Waals surface area (Å²) < 4.78 is 1.72. The van der Waals surface area contributed by atoms with Crippen LogP contribution in [0.3, 0.4) is 0 Å². The van der Waals surface area contributed by atoms with Crippen LogP contribution in [-0.4, -0.2) is 15.0 Å². The average Bonchev–Trinajstić information content (AvgIpc) is 2.72. The third-order valence-corrected chi connectivity index (χ3v) is 1.89. The van der Waals surface area contributed by atoms with E-state index in [4.69, 9.17) is 0 Å². The molecule has 0 spiro atoms. The van der Waals surface area contributed by atoms with E-state index in [0.717, 1.165) is 11.3 Å². The van der Waals surface area contributed by atoms with Gasteiger partial charge in [0.25, 0.3) is 0 Å². The van der Waals surface area contributed by atoms with Crippen molar-refractivity contribution in [2.45, 2.75) is 0 Å². The molecule has 1 radical (unpaired) electrons. The minimum Gasteiger partial charge on any atom is -0.221 e. The zero-order valence-corrected chi connectivity index (χ0v) is 7.67. The molecule has 0 aliphatic carbocycles. The number of hydrogen-bond donors (Lipinski definition) is 0. The molecule has 1 aromatic carbocycles. The first-order valence-corrected chi connectivity index (χ1v) is 4.32. The van der Waals surface area contributed by atoms with Crippen LogP contribution in [0.4, 0.5) is 0 Å². The third-order valence-electron chi connectivity index (χ3n) is 1.89. The zero-order valence-electron chi connectivity index (χ0n) is 7.67. The second kappa shape index (κ2) is 3.87.